The molecule has 2 fully saturated rings. The number of thioether (sulfide) groups is 1. The highest BCUT2D eigenvalue weighted by molar-refractivity contribution is 7.99. The van der Waals surface area contributed by atoms with Crippen molar-refractivity contribution in [1.29, 1.82) is 0 Å². The molecule has 1 aromatic carbocycles. The van der Waals surface area contributed by atoms with E-state index in [4.69, 9.17) is 0 Å². The zero-order chi connectivity index (χ0) is 22.5. The van der Waals surface area contributed by atoms with Crippen molar-refractivity contribution >= 4 is 39.2 Å². The fourth-order valence-electron chi connectivity index (χ4n) is 5.79. The quantitative estimate of drug-likeness (QED) is 0.521. The summed E-state index contributed by atoms with van der Waals surface area (Å²) in [6, 6.07) is 10.2. The molecule has 2 aliphatic rings. The molecule has 168 valence electrons. The van der Waals surface area contributed by atoms with Gasteiger partial charge in [0.05, 0.1) is 16.9 Å². The lowest BCUT2D eigenvalue weighted by Gasteiger charge is -2.39. The van der Waals surface area contributed by atoms with Crippen molar-refractivity contribution < 1.29 is 4.79 Å². The van der Waals surface area contributed by atoms with Crippen molar-refractivity contribution in [3.8, 4) is 11.1 Å². The van der Waals surface area contributed by atoms with Gasteiger partial charge in [0.2, 0.25) is 5.91 Å². The number of rotatable bonds is 6. The number of aromatic nitrogens is 2. The second-order valence-electron chi connectivity index (χ2n) is 9.93. The van der Waals surface area contributed by atoms with Gasteiger partial charge in [-0.15, -0.1) is 23.1 Å². The Kier molecular flexibility index (Phi) is 5.45. The van der Waals surface area contributed by atoms with E-state index in [1.54, 1.807) is 0 Å². The molecule has 2 aromatic heterocycles. The van der Waals surface area contributed by atoms with E-state index in [9.17, 15) is 9.59 Å². The molecule has 2 heterocycles. The van der Waals surface area contributed by atoms with E-state index in [0.29, 0.717) is 28.6 Å². The van der Waals surface area contributed by atoms with Crippen molar-refractivity contribution in [2.75, 3.05) is 5.75 Å². The molecule has 32 heavy (non-hydrogen) atoms. The molecule has 5 rings (SSSR count). The lowest BCUT2D eigenvalue weighted by molar-refractivity contribution is -0.120. The number of carbonyl (C=O) groups excluding carboxylic acids is 1. The highest BCUT2D eigenvalue weighted by atomic mass is 32.2. The van der Waals surface area contributed by atoms with E-state index in [0.717, 1.165) is 22.4 Å². The summed E-state index contributed by atoms with van der Waals surface area (Å²) in [6.07, 6.45) is 3.56. The van der Waals surface area contributed by atoms with Crippen LogP contribution < -0.4 is 10.9 Å². The zero-order valence-electron chi connectivity index (χ0n) is 18.7. The number of thiophene rings is 1. The number of aromatic amines is 1. The third-order valence-electron chi connectivity index (χ3n) is 8.18. The standard InChI is InChI=1S/C25H29N3O2S2/c1-24(2)16-9-10-25(24,3)18(11-16)26-20(29)14-31-13-19-27-22(30)21-17(12-32-23(21)28-19)15-7-5-4-6-8-15/h4-8,12,16,18H,9-11,13-14H2,1-3H3,(H,26,29)(H,27,28,30). The van der Waals surface area contributed by atoms with E-state index in [1.165, 1.54) is 35.9 Å². The van der Waals surface area contributed by atoms with E-state index >= 15 is 0 Å². The van der Waals surface area contributed by atoms with Crippen LogP contribution in [-0.4, -0.2) is 27.7 Å². The van der Waals surface area contributed by atoms with Crippen molar-refractivity contribution in [3.05, 3.63) is 51.9 Å². The van der Waals surface area contributed by atoms with Crippen molar-refractivity contribution in [2.45, 2.75) is 51.8 Å². The number of nitrogens with zero attached hydrogens (tertiary/aromatic N) is 1. The van der Waals surface area contributed by atoms with Crippen molar-refractivity contribution in [2.24, 2.45) is 16.7 Å². The van der Waals surface area contributed by atoms with Crippen LogP contribution in [0.3, 0.4) is 0 Å². The molecule has 0 saturated heterocycles. The maximum absolute atomic E-state index is 12.8. The van der Waals surface area contributed by atoms with Crippen LogP contribution in [0.2, 0.25) is 0 Å². The van der Waals surface area contributed by atoms with Crippen LogP contribution in [0.5, 0.6) is 0 Å². The maximum Gasteiger partial charge on any atom is 0.260 e. The first-order chi connectivity index (χ1) is 15.3. The second-order valence-corrected chi connectivity index (χ2v) is 11.8. The molecule has 1 amide bonds. The predicted molar refractivity (Wildman–Crippen MR) is 133 cm³/mol. The molecule has 0 spiro atoms. The summed E-state index contributed by atoms with van der Waals surface area (Å²) in [4.78, 5) is 33.7. The number of nitrogens with one attached hydrogen (secondary N) is 2. The summed E-state index contributed by atoms with van der Waals surface area (Å²) in [5.74, 6) is 2.29. The van der Waals surface area contributed by atoms with Crippen LogP contribution in [0, 0.1) is 16.7 Å². The Labute approximate surface area is 196 Å². The number of carbonyl (C=O) groups is 1. The number of H-pyrrole nitrogens is 1. The minimum absolute atomic E-state index is 0.0792. The van der Waals surface area contributed by atoms with Crippen LogP contribution in [0.1, 0.15) is 45.9 Å². The molecular weight excluding hydrogens is 438 g/mol. The second kappa shape index (κ2) is 8.03. The van der Waals surface area contributed by atoms with Gasteiger partial charge in [0.15, 0.2) is 0 Å². The van der Waals surface area contributed by atoms with Crippen molar-refractivity contribution in [1.82, 2.24) is 15.3 Å². The summed E-state index contributed by atoms with van der Waals surface area (Å²) in [6.45, 7) is 7.06. The first-order valence-electron chi connectivity index (χ1n) is 11.2. The Morgan fingerprint density at radius 2 is 2.06 bits per heavy atom. The lowest BCUT2D eigenvalue weighted by Crippen LogP contribution is -2.47. The van der Waals surface area contributed by atoms with Gasteiger partial charge in [0.25, 0.3) is 5.56 Å². The molecule has 2 N–H and O–H groups in total. The van der Waals surface area contributed by atoms with E-state index < -0.39 is 0 Å². The Morgan fingerprint density at radius 3 is 2.75 bits per heavy atom. The Hall–Kier alpha value is -2.12. The zero-order valence-corrected chi connectivity index (χ0v) is 20.4. The smallest absolute Gasteiger partial charge is 0.260 e. The van der Waals surface area contributed by atoms with Crippen LogP contribution in [0.15, 0.2) is 40.5 Å². The number of benzene rings is 1. The van der Waals surface area contributed by atoms with Crippen LogP contribution in [-0.2, 0) is 10.5 Å². The number of hydrogen-bond donors (Lipinski definition) is 2. The van der Waals surface area contributed by atoms with Gasteiger partial charge >= 0.3 is 0 Å². The molecule has 3 aromatic rings. The molecule has 7 heteroatoms. The van der Waals surface area contributed by atoms with Gasteiger partial charge in [-0.2, -0.15) is 0 Å². The third-order valence-corrected chi connectivity index (χ3v) is 10.00. The molecule has 2 bridgehead atoms. The van der Waals surface area contributed by atoms with Gasteiger partial charge in [-0.25, -0.2) is 4.98 Å². The maximum atomic E-state index is 12.8. The molecule has 2 aliphatic carbocycles. The molecule has 3 atom stereocenters. The normalized spacial score (nSPS) is 26.0. The first kappa shape index (κ1) is 21.7. The summed E-state index contributed by atoms with van der Waals surface area (Å²) < 4.78 is 0. The average molecular weight is 468 g/mol. The van der Waals surface area contributed by atoms with Gasteiger partial charge in [-0.3, -0.25) is 9.59 Å². The van der Waals surface area contributed by atoms with Gasteiger partial charge in [-0.05, 0) is 41.6 Å². The van der Waals surface area contributed by atoms with E-state index in [-0.39, 0.29) is 28.3 Å². The molecule has 5 nitrogen and oxygen atoms in total. The highest BCUT2D eigenvalue weighted by Gasteiger charge is 2.61. The molecule has 0 radical (unpaired) electrons. The Balaban J connectivity index is 1.22. The average Bonchev–Trinajstić information content (AvgIpc) is 3.34. The summed E-state index contributed by atoms with van der Waals surface area (Å²) in [7, 11) is 0. The van der Waals surface area contributed by atoms with Crippen LogP contribution in [0.25, 0.3) is 21.3 Å². The highest BCUT2D eigenvalue weighted by Crippen LogP contribution is 2.65. The number of hydrogen-bond acceptors (Lipinski definition) is 5. The van der Waals surface area contributed by atoms with Crippen LogP contribution in [0.4, 0.5) is 0 Å². The van der Waals surface area contributed by atoms with Gasteiger partial charge in [-0.1, -0.05) is 51.1 Å². The summed E-state index contributed by atoms with van der Waals surface area (Å²) in [5.41, 5.74) is 2.29. The molecule has 2 saturated carbocycles. The Bertz CT molecular complexity index is 1220. The molecule has 3 unspecified atom stereocenters. The number of fused-ring (bicyclic) bond motifs is 3. The minimum Gasteiger partial charge on any atom is -0.352 e. The summed E-state index contributed by atoms with van der Waals surface area (Å²) in [5, 5.41) is 5.93. The van der Waals surface area contributed by atoms with E-state index in [1.807, 2.05) is 35.7 Å². The van der Waals surface area contributed by atoms with E-state index in [2.05, 4.69) is 36.1 Å². The largest absolute Gasteiger partial charge is 0.352 e. The van der Waals surface area contributed by atoms with Gasteiger partial charge < -0.3 is 10.3 Å². The molecular formula is C25H29N3O2S2. The van der Waals surface area contributed by atoms with Crippen molar-refractivity contribution in [3.63, 3.8) is 0 Å². The summed E-state index contributed by atoms with van der Waals surface area (Å²) >= 11 is 2.98. The lowest BCUT2D eigenvalue weighted by atomic mass is 9.69. The minimum atomic E-state index is -0.118. The number of amides is 1. The topological polar surface area (TPSA) is 74.8 Å². The molecule has 0 aliphatic heterocycles. The van der Waals surface area contributed by atoms with Crippen LogP contribution >= 0.6 is 23.1 Å². The fraction of sp³-hybridized carbons (Fsp3) is 0.480. The predicted octanol–water partition coefficient (Wildman–Crippen LogP) is 5.22. The SMILES string of the molecule is CC1(C)C2CCC1(C)C(NC(=O)CSCc1nc3scc(-c4ccccc4)c3c(=O)[nH]1)C2. The first-order valence-corrected chi connectivity index (χ1v) is 13.3. The van der Waals surface area contributed by atoms with Gasteiger partial charge in [0, 0.05) is 17.0 Å². The monoisotopic (exact) mass is 467 g/mol. The van der Waals surface area contributed by atoms with Gasteiger partial charge in [0.1, 0.15) is 10.7 Å². The third kappa shape index (κ3) is 3.50. The fourth-order valence-corrected chi connectivity index (χ4v) is 7.46. The Morgan fingerprint density at radius 1 is 1.28 bits per heavy atom.